The van der Waals surface area contributed by atoms with E-state index in [1.807, 2.05) is 0 Å². The maximum atomic E-state index is 13.1. The number of Topliss-reactive ketones (excluding diaryl/α,β-unsaturated/α-hetero) is 1. The fourth-order valence-electron chi connectivity index (χ4n) is 3.73. The average molecular weight is 444 g/mol. The van der Waals surface area contributed by atoms with Gasteiger partial charge in [-0.1, -0.05) is 30.3 Å². The van der Waals surface area contributed by atoms with Gasteiger partial charge in [0.1, 0.15) is 17.3 Å². The minimum Gasteiger partial charge on any atom is -0.507 e. The van der Waals surface area contributed by atoms with Gasteiger partial charge < -0.3 is 14.6 Å². The van der Waals surface area contributed by atoms with Crippen LogP contribution in [0.1, 0.15) is 27.5 Å². The maximum absolute atomic E-state index is 13.1. The highest BCUT2D eigenvalue weighted by atomic mass is 16.5. The number of pyridine rings is 1. The van der Waals surface area contributed by atoms with Gasteiger partial charge in [0, 0.05) is 11.8 Å². The molecule has 1 aromatic heterocycles. The van der Waals surface area contributed by atoms with Crippen LogP contribution >= 0.6 is 0 Å². The first kappa shape index (κ1) is 21.8. The van der Waals surface area contributed by atoms with Crippen molar-refractivity contribution in [2.75, 3.05) is 19.1 Å². The van der Waals surface area contributed by atoms with Gasteiger partial charge in [0.15, 0.2) is 0 Å². The number of aliphatic hydroxyl groups is 1. The third-order valence-corrected chi connectivity index (χ3v) is 5.33. The Bertz CT molecular complexity index is 1250. The molecule has 1 saturated heterocycles. The van der Waals surface area contributed by atoms with Crippen molar-refractivity contribution < 1.29 is 29.0 Å². The zero-order chi connectivity index (χ0) is 23.5. The quantitative estimate of drug-likeness (QED) is 0.278. The third-order valence-electron chi connectivity index (χ3n) is 5.33. The molecule has 166 valence electrons. The fraction of sp³-hybridized carbons (Fsp3) is 0.120. The number of carbonyl (C=O) groups excluding carboxylic acids is 3. The van der Waals surface area contributed by atoms with E-state index in [0.717, 1.165) is 0 Å². The van der Waals surface area contributed by atoms with Crippen molar-refractivity contribution in [3.05, 3.63) is 95.2 Å². The number of ketones is 1. The molecule has 0 saturated carbocycles. The highest BCUT2D eigenvalue weighted by molar-refractivity contribution is 6.51. The Labute approximate surface area is 189 Å². The summed E-state index contributed by atoms with van der Waals surface area (Å²) in [5, 5.41) is 11.1. The first-order valence-corrected chi connectivity index (χ1v) is 10.0. The Hall–Kier alpha value is -4.46. The van der Waals surface area contributed by atoms with E-state index in [-0.39, 0.29) is 17.2 Å². The van der Waals surface area contributed by atoms with E-state index in [2.05, 4.69) is 4.98 Å². The molecule has 1 N–H and O–H groups in total. The molecule has 2 aromatic carbocycles. The number of aliphatic hydroxyl groups excluding tert-OH is 1. The number of carbonyl (C=O) groups is 3. The van der Waals surface area contributed by atoms with Crippen molar-refractivity contribution in [3.8, 4) is 5.75 Å². The first-order valence-electron chi connectivity index (χ1n) is 10.0. The molecule has 0 bridgehead atoms. The summed E-state index contributed by atoms with van der Waals surface area (Å²) < 4.78 is 9.95. The van der Waals surface area contributed by atoms with Crippen molar-refractivity contribution >= 4 is 29.2 Å². The second kappa shape index (κ2) is 8.96. The topological polar surface area (TPSA) is 106 Å². The van der Waals surface area contributed by atoms with Gasteiger partial charge in [0.05, 0.1) is 31.4 Å². The number of amides is 1. The Morgan fingerprint density at radius 1 is 0.970 bits per heavy atom. The summed E-state index contributed by atoms with van der Waals surface area (Å²) in [6, 6.07) is 16.9. The molecule has 4 rings (SSSR count). The predicted octanol–water partition coefficient (Wildman–Crippen LogP) is 3.50. The Morgan fingerprint density at radius 3 is 2.36 bits per heavy atom. The van der Waals surface area contributed by atoms with Gasteiger partial charge in [0.2, 0.25) is 0 Å². The minimum absolute atomic E-state index is 0.0928. The predicted molar refractivity (Wildman–Crippen MR) is 120 cm³/mol. The molecule has 8 heteroatoms. The molecule has 1 amide bonds. The van der Waals surface area contributed by atoms with Crippen LogP contribution in [0.5, 0.6) is 5.75 Å². The number of aromatic nitrogens is 1. The van der Waals surface area contributed by atoms with Crippen LogP contribution in [-0.2, 0) is 14.3 Å². The fourth-order valence-corrected chi connectivity index (χ4v) is 3.73. The number of benzene rings is 2. The molecule has 33 heavy (non-hydrogen) atoms. The Kier molecular flexibility index (Phi) is 5.91. The summed E-state index contributed by atoms with van der Waals surface area (Å²) in [7, 11) is 2.77. The van der Waals surface area contributed by atoms with E-state index in [0.29, 0.717) is 22.4 Å². The second-order valence-electron chi connectivity index (χ2n) is 7.20. The SMILES string of the molecule is COC(=O)c1ccc([C@H]2/C(=C(\O)c3cccc(OC)c3)C(=O)C(=O)N2c2ccccn2)cc1. The Balaban J connectivity index is 1.91. The number of hydrogen-bond acceptors (Lipinski definition) is 7. The van der Waals surface area contributed by atoms with Gasteiger partial charge in [-0.15, -0.1) is 0 Å². The van der Waals surface area contributed by atoms with Crippen molar-refractivity contribution in [1.82, 2.24) is 4.98 Å². The van der Waals surface area contributed by atoms with Crippen molar-refractivity contribution in [2.45, 2.75) is 6.04 Å². The van der Waals surface area contributed by atoms with Crippen LogP contribution in [0.2, 0.25) is 0 Å². The number of esters is 1. The van der Waals surface area contributed by atoms with Crippen LogP contribution in [0.15, 0.2) is 78.5 Å². The zero-order valence-electron chi connectivity index (χ0n) is 17.9. The average Bonchev–Trinajstić information content (AvgIpc) is 3.14. The monoisotopic (exact) mass is 444 g/mol. The number of ether oxygens (including phenoxy) is 2. The molecule has 0 unspecified atom stereocenters. The number of methoxy groups -OCH3 is 2. The van der Waals surface area contributed by atoms with Gasteiger partial charge in [-0.2, -0.15) is 0 Å². The minimum atomic E-state index is -0.960. The smallest absolute Gasteiger partial charge is 0.337 e. The van der Waals surface area contributed by atoms with Crippen molar-refractivity contribution in [2.24, 2.45) is 0 Å². The number of anilines is 1. The van der Waals surface area contributed by atoms with Gasteiger partial charge in [-0.3, -0.25) is 14.5 Å². The summed E-state index contributed by atoms with van der Waals surface area (Å²) in [6.07, 6.45) is 1.51. The molecule has 8 nitrogen and oxygen atoms in total. The Morgan fingerprint density at radius 2 is 1.73 bits per heavy atom. The van der Waals surface area contributed by atoms with Gasteiger partial charge in [-0.05, 0) is 42.0 Å². The summed E-state index contributed by atoms with van der Waals surface area (Å²) in [6.45, 7) is 0. The third kappa shape index (κ3) is 3.94. The molecule has 0 spiro atoms. The van der Waals surface area contributed by atoms with Crippen LogP contribution < -0.4 is 9.64 Å². The van der Waals surface area contributed by atoms with E-state index < -0.39 is 23.7 Å². The first-order chi connectivity index (χ1) is 16.0. The molecule has 0 aliphatic carbocycles. The molecule has 0 radical (unpaired) electrons. The van der Waals surface area contributed by atoms with E-state index in [4.69, 9.17) is 9.47 Å². The molecule has 1 aliphatic rings. The van der Waals surface area contributed by atoms with Crippen molar-refractivity contribution in [1.29, 1.82) is 0 Å². The van der Waals surface area contributed by atoms with Gasteiger partial charge in [-0.25, -0.2) is 9.78 Å². The lowest BCUT2D eigenvalue weighted by Crippen LogP contribution is -2.30. The van der Waals surface area contributed by atoms with Gasteiger partial charge in [0.25, 0.3) is 5.78 Å². The van der Waals surface area contributed by atoms with E-state index in [1.165, 1.54) is 37.4 Å². The number of hydrogen-bond donors (Lipinski definition) is 1. The van der Waals surface area contributed by atoms with Crippen LogP contribution in [0.4, 0.5) is 5.82 Å². The summed E-state index contributed by atoms with van der Waals surface area (Å²) in [5.74, 6) is -1.78. The molecule has 3 aromatic rings. The highest BCUT2D eigenvalue weighted by Gasteiger charge is 2.47. The van der Waals surface area contributed by atoms with Crippen LogP contribution in [0.25, 0.3) is 5.76 Å². The summed E-state index contributed by atoms with van der Waals surface area (Å²) in [5.41, 5.74) is 1.05. The maximum Gasteiger partial charge on any atom is 0.337 e. The second-order valence-corrected chi connectivity index (χ2v) is 7.20. The number of nitrogens with zero attached hydrogens (tertiary/aromatic N) is 2. The van der Waals surface area contributed by atoms with Crippen LogP contribution in [0, 0.1) is 0 Å². The van der Waals surface area contributed by atoms with E-state index >= 15 is 0 Å². The summed E-state index contributed by atoms with van der Waals surface area (Å²) in [4.78, 5) is 43.5. The normalized spacial score (nSPS) is 17.2. The van der Waals surface area contributed by atoms with Crippen LogP contribution in [0.3, 0.4) is 0 Å². The number of rotatable bonds is 5. The van der Waals surface area contributed by atoms with Crippen molar-refractivity contribution in [3.63, 3.8) is 0 Å². The molecule has 1 aliphatic heterocycles. The molecule has 1 atom stereocenters. The summed E-state index contributed by atoms with van der Waals surface area (Å²) >= 11 is 0. The zero-order valence-corrected chi connectivity index (χ0v) is 17.9. The lowest BCUT2D eigenvalue weighted by molar-refractivity contribution is -0.132. The van der Waals surface area contributed by atoms with Crippen LogP contribution in [-0.4, -0.2) is 42.0 Å². The lowest BCUT2D eigenvalue weighted by Gasteiger charge is -2.24. The largest absolute Gasteiger partial charge is 0.507 e. The van der Waals surface area contributed by atoms with E-state index in [9.17, 15) is 19.5 Å². The molecular weight excluding hydrogens is 424 g/mol. The molecule has 1 fully saturated rings. The molecular formula is C25H20N2O6. The van der Waals surface area contributed by atoms with E-state index in [1.54, 1.807) is 54.6 Å². The lowest BCUT2D eigenvalue weighted by atomic mass is 9.94. The molecule has 2 heterocycles. The highest BCUT2D eigenvalue weighted by Crippen LogP contribution is 2.41. The standard InChI is InChI=1S/C25H20N2O6/c1-32-18-7-5-6-17(14-18)22(28)20-21(15-9-11-16(12-10-15)25(31)33-2)27(24(30)23(20)29)19-8-3-4-13-26-19/h3-14,21,28H,1-2H3/b22-20+/t21-/m0/s1. The van der Waals surface area contributed by atoms with Gasteiger partial charge >= 0.3 is 11.9 Å².